The zero-order valence-electron chi connectivity index (χ0n) is 10.8. The number of nitrogen functional groups attached to an aromatic ring is 1. The van der Waals surface area contributed by atoms with Crippen molar-refractivity contribution in [1.29, 1.82) is 0 Å². The molecule has 1 aliphatic rings. The third-order valence-electron chi connectivity index (χ3n) is 2.97. The summed E-state index contributed by atoms with van der Waals surface area (Å²) in [6.45, 7) is 4.24. The van der Waals surface area contributed by atoms with Gasteiger partial charge in [0.2, 0.25) is 5.88 Å². The smallest absolute Gasteiger partial charge is 0.239 e. The summed E-state index contributed by atoms with van der Waals surface area (Å²) in [5.41, 5.74) is 6.34. The molecule has 1 aromatic rings. The number of hydrogen-bond donors (Lipinski definition) is 2. The number of ether oxygens (including phenoxy) is 2. The molecule has 100 valence electrons. The van der Waals surface area contributed by atoms with Gasteiger partial charge in [0.1, 0.15) is 5.82 Å². The van der Waals surface area contributed by atoms with Crippen LogP contribution in [-0.4, -0.2) is 30.8 Å². The van der Waals surface area contributed by atoms with Crippen molar-refractivity contribution in [3.05, 3.63) is 12.1 Å². The zero-order valence-corrected chi connectivity index (χ0v) is 10.8. The molecule has 1 atom stereocenters. The van der Waals surface area contributed by atoms with Gasteiger partial charge < -0.3 is 20.5 Å². The van der Waals surface area contributed by atoms with Crippen LogP contribution in [0.4, 0.5) is 11.5 Å². The van der Waals surface area contributed by atoms with E-state index in [4.69, 9.17) is 15.2 Å². The van der Waals surface area contributed by atoms with Gasteiger partial charge in [-0.1, -0.05) is 0 Å². The lowest BCUT2D eigenvalue weighted by Gasteiger charge is -2.12. The second kappa shape index (κ2) is 6.44. The molecule has 1 fully saturated rings. The second-order valence-electron chi connectivity index (χ2n) is 4.37. The van der Waals surface area contributed by atoms with Crippen LogP contribution < -0.4 is 15.8 Å². The van der Waals surface area contributed by atoms with Gasteiger partial charge in [0.05, 0.1) is 18.4 Å². The molecule has 5 nitrogen and oxygen atoms in total. The molecule has 5 heteroatoms. The van der Waals surface area contributed by atoms with Crippen molar-refractivity contribution in [2.45, 2.75) is 32.3 Å². The Labute approximate surface area is 108 Å². The van der Waals surface area contributed by atoms with E-state index in [1.165, 1.54) is 12.8 Å². The van der Waals surface area contributed by atoms with Crippen LogP contribution in [0.1, 0.15) is 26.2 Å². The maximum absolute atomic E-state index is 5.77. The fourth-order valence-electron chi connectivity index (χ4n) is 2.04. The van der Waals surface area contributed by atoms with Gasteiger partial charge in [-0.2, -0.15) is 4.98 Å². The molecular weight excluding hydrogens is 230 g/mol. The number of anilines is 2. The molecular formula is C13H21N3O2. The van der Waals surface area contributed by atoms with Crippen LogP contribution in [-0.2, 0) is 4.74 Å². The predicted molar refractivity (Wildman–Crippen MR) is 71.9 cm³/mol. The number of aromatic nitrogens is 1. The highest BCUT2D eigenvalue weighted by atomic mass is 16.5. The molecule has 1 saturated heterocycles. The minimum absolute atomic E-state index is 0.401. The maximum Gasteiger partial charge on any atom is 0.239 e. The Morgan fingerprint density at radius 1 is 1.56 bits per heavy atom. The van der Waals surface area contributed by atoms with E-state index in [9.17, 15) is 0 Å². The molecule has 2 heterocycles. The van der Waals surface area contributed by atoms with Gasteiger partial charge in [-0.05, 0) is 38.3 Å². The van der Waals surface area contributed by atoms with Gasteiger partial charge in [0.25, 0.3) is 0 Å². The fourth-order valence-corrected chi connectivity index (χ4v) is 2.04. The van der Waals surface area contributed by atoms with E-state index >= 15 is 0 Å². The molecule has 3 N–H and O–H groups in total. The summed E-state index contributed by atoms with van der Waals surface area (Å²) in [7, 11) is 0. The lowest BCUT2D eigenvalue weighted by Crippen LogP contribution is -2.13. The van der Waals surface area contributed by atoms with Crippen LogP contribution in [0, 0.1) is 0 Å². The SMILES string of the molecule is CCOc1nc(NCCC2CCCO2)ccc1N. The first-order valence-electron chi connectivity index (χ1n) is 6.54. The summed E-state index contributed by atoms with van der Waals surface area (Å²) < 4.78 is 10.9. The van der Waals surface area contributed by atoms with Crippen LogP contribution in [0.5, 0.6) is 5.88 Å². The summed E-state index contributed by atoms with van der Waals surface area (Å²) in [5, 5.41) is 3.27. The first-order chi connectivity index (χ1) is 8.79. The second-order valence-corrected chi connectivity index (χ2v) is 4.37. The Bertz CT molecular complexity index is 378. The molecule has 0 aliphatic carbocycles. The van der Waals surface area contributed by atoms with Crippen molar-refractivity contribution < 1.29 is 9.47 Å². The third kappa shape index (κ3) is 3.50. The van der Waals surface area contributed by atoms with Gasteiger partial charge in [-0.25, -0.2) is 0 Å². The summed E-state index contributed by atoms with van der Waals surface area (Å²) >= 11 is 0. The Hall–Kier alpha value is -1.49. The summed E-state index contributed by atoms with van der Waals surface area (Å²) in [5.74, 6) is 1.30. The molecule has 1 unspecified atom stereocenters. The molecule has 0 aromatic carbocycles. The Balaban J connectivity index is 1.82. The van der Waals surface area contributed by atoms with Crippen LogP contribution in [0.3, 0.4) is 0 Å². The highest BCUT2D eigenvalue weighted by Gasteiger charge is 2.14. The standard InChI is InChI=1S/C13H21N3O2/c1-2-17-13-11(14)5-6-12(16-13)15-8-7-10-4-3-9-18-10/h5-6,10H,2-4,7-9,14H2,1H3,(H,15,16). The minimum atomic E-state index is 0.401. The van der Waals surface area contributed by atoms with Gasteiger partial charge in [-0.3, -0.25) is 0 Å². The van der Waals surface area contributed by atoms with Crippen LogP contribution in [0.25, 0.3) is 0 Å². The lowest BCUT2D eigenvalue weighted by atomic mass is 10.2. The van der Waals surface area contributed by atoms with E-state index in [-0.39, 0.29) is 0 Å². The number of hydrogen-bond acceptors (Lipinski definition) is 5. The molecule has 0 saturated carbocycles. The van der Waals surface area contributed by atoms with Crippen LogP contribution in [0.15, 0.2) is 12.1 Å². The monoisotopic (exact) mass is 251 g/mol. The van der Waals surface area contributed by atoms with Crippen molar-refractivity contribution >= 4 is 11.5 Å². The third-order valence-corrected chi connectivity index (χ3v) is 2.97. The van der Waals surface area contributed by atoms with E-state index < -0.39 is 0 Å². The van der Waals surface area contributed by atoms with E-state index in [0.29, 0.717) is 24.3 Å². The number of nitrogens with one attached hydrogen (secondary N) is 1. The van der Waals surface area contributed by atoms with Gasteiger partial charge >= 0.3 is 0 Å². The number of pyridine rings is 1. The van der Waals surface area contributed by atoms with E-state index in [1.807, 2.05) is 19.1 Å². The molecule has 0 radical (unpaired) electrons. The Kier molecular flexibility index (Phi) is 4.64. The van der Waals surface area contributed by atoms with Gasteiger partial charge in [0, 0.05) is 13.2 Å². The Morgan fingerprint density at radius 2 is 2.44 bits per heavy atom. The average molecular weight is 251 g/mol. The van der Waals surface area contributed by atoms with Gasteiger partial charge in [-0.15, -0.1) is 0 Å². The molecule has 0 bridgehead atoms. The average Bonchev–Trinajstić information content (AvgIpc) is 2.87. The molecule has 2 rings (SSSR count). The van der Waals surface area contributed by atoms with Crippen LogP contribution >= 0.6 is 0 Å². The highest BCUT2D eigenvalue weighted by Crippen LogP contribution is 2.21. The number of rotatable bonds is 6. The number of nitrogens with zero attached hydrogens (tertiary/aromatic N) is 1. The minimum Gasteiger partial charge on any atom is -0.476 e. The topological polar surface area (TPSA) is 69.4 Å². The van der Waals surface area contributed by atoms with E-state index in [1.54, 1.807) is 0 Å². The van der Waals surface area contributed by atoms with Crippen molar-refractivity contribution in [2.24, 2.45) is 0 Å². The summed E-state index contributed by atoms with van der Waals surface area (Å²) in [6.07, 6.45) is 3.76. The van der Waals surface area contributed by atoms with E-state index in [2.05, 4.69) is 10.3 Å². The molecule has 0 amide bonds. The summed E-state index contributed by atoms with van der Waals surface area (Å²) in [4.78, 5) is 4.33. The van der Waals surface area contributed by atoms with E-state index in [0.717, 1.165) is 25.4 Å². The number of nitrogens with two attached hydrogens (primary N) is 1. The van der Waals surface area contributed by atoms with Crippen molar-refractivity contribution in [1.82, 2.24) is 4.98 Å². The first kappa shape index (κ1) is 13.0. The molecule has 1 aliphatic heterocycles. The van der Waals surface area contributed by atoms with Crippen LogP contribution in [0.2, 0.25) is 0 Å². The zero-order chi connectivity index (χ0) is 12.8. The normalized spacial score (nSPS) is 18.8. The van der Waals surface area contributed by atoms with Crippen molar-refractivity contribution in [3.63, 3.8) is 0 Å². The Morgan fingerprint density at radius 3 is 3.17 bits per heavy atom. The molecule has 0 spiro atoms. The first-order valence-corrected chi connectivity index (χ1v) is 6.54. The molecule has 1 aromatic heterocycles. The fraction of sp³-hybridized carbons (Fsp3) is 0.615. The van der Waals surface area contributed by atoms with Gasteiger partial charge in [0.15, 0.2) is 0 Å². The summed E-state index contributed by atoms with van der Waals surface area (Å²) in [6, 6.07) is 3.68. The molecule has 18 heavy (non-hydrogen) atoms. The quantitative estimate of drug-likeness (QED) is 0.809. The van der Waals surface area contributed by atoms with Crippen molar-refractivity contribution in [3.8, 4) is 5.88 Å². The van der Waals surface area contributed by atoms with Crippen molar-refractivity contribution in [2.75, 3.05) is 30.8 Å². The highest BCUT2D eigenvalue weighted by molar-refractivity contribution is 5.53. The largest absolute Gasteiger partial charge is 0.476 e. The maximum atomic E-state index is 5.77. The predicted octanol–water partition coefficient (Wildman–Crippen LogP) is 2.04. The lowest BCUT2D eigenvalue weighted by molar-refractivity contribution is 0.107.